The van der Waals surface area contributed by atoms with Gasteiger partial charge in [-0.3, -0.25) is 9.97 Å². The number of fused-ring (bicyclic) bond motifs is 1. The van der Waals surface area contributed by atoms with Crippen molar-refractivity contribution in [2.75, 3.05) is 0 Å². The van der Waals surface area contributed by atoms with Gasteiger partial charge in [-0.15, -0.1) is 0 Å². The summed E-state index contributed by atoms with van der Waals surface area (Å²) in [4.78, 5) is 8.22. The standard InChI is InChI=1S/C20H20F2N4O/c1-11-13(7-17(23)18-15(21)3-2-4-16(18)22)19(24)20(8-14(11)20)27-10-12-9-25-5-6-26-12/h2-7,9,11,14H,8,10,23-24H2,1H3/b17-7-. The summed E-state index contributed by atoms with van der Waals surface area (Å²) < 4.78 is 34.1. The lowest BCUT2D eigenvalue weighted by atomic mass is 9.97. The first-order chi connectivity index (χ1) is 12.9. The molecular formula is C20H20F2N4O. The van der Waals surface area contributed by atoms with E-state index in [1.54, 1.807) is 24.7 Å². The van der Waals surface area contributed by atoms with E-state index in [-0.39, 0.29) is 23.1 Å². The van der Waals surface area contributed by atoms with Crippen molar-refractivity contribution >= 4 is 5.70 Å². The van der Waals surface area contributed by atoms with Crippen LogP contribution in [0.4, 0.5) is 8.78 Å². The molecule has 0 amide bonds. The van der Waals surface area contributed by atoms with E-state index in [1.807, 2.05) is 6.92 Å². The van der Waals surface area contributed by atoms with Gasteiger partial charge in [0.1, 0.15) is 17.2 Å². The van der Waals surface area contributed by atoms with Crippen molar-refractivity contribution in [3.63, 3.8) is 0 Å². The summed E-state index contributed by atoms with van der Waals surface area (Å²) >= 11 is 0. The Kier molecular flexibility index (Phi) is 4.19. The zero-order chi connectivity index (χ0) is 19.2. The van der Waals surface area contributed by atoms with Crippen LogP contribution in [0.5, 0.6) is 0 Å². The van der Waals surface area contributed by atoms with Crippen LogP contribution in [0.3, 0.4) is 0 Å². The maximum absolute atomic E-state index is 14.0. The largest absolute Gasteiger partial charge is 0.399 e. The van der Waals surface area contributed by atoms with Gasteiger partial charge in [0, 0.05) is 29.7 Å². The van der Waals surface area contributed by atoms with Crippen molar-refractivity contribution in [2.24, 2.45) is 23.3 Å². The number of aromatic nitrogens is 2. The minimum absolute atomic E-state index is 0.0146. The Morgan fingerprint density at radius 3 is 2.74 bits per heavy atom. The van der Waals surface area contributed by atoms with Crippen LogP contribution in [-0.4, -0.2) is 15.6 Å². The van der Waals surface area contributed by atoms with Crippen LogP contribution in [0.2, 0.25) is 0 Å². The van der Waals surface area contributed by atoms with E-state index in [2.05, 4.69) is 9.97 Å². The van der Waals surface area contributed by atoms with Gasteiger partial charge in [-0.05, 0) is 36.1 Å². The summed E-state index contributed by atoms with van der Waals surface area (Å²) in [6.45, 7) is 2.32. The minimum atomic E-state index is -0.702. The Balaban J connectivity index is 1.61. The van der Waals surface area contributed by atoms with Crippen LogP contribution in [-0.2, 0) is 11.3 Å². The molecule has 4 N–H and O–H groups in total. The smallest absolute Gasteiger partial charge is 0.135 e. The molecule has 0 bridgehead atoms. The van der Waals surface area contributed by atoms with Gasteiger partial charge in [0.15, 0.2) is 0 Å². The van der Waals surface area contributed by atoms with Gasteiger partial charge in [0.05, 0.1) is 24.1 Å². The molecular weight excluding hydrogens is 350 g/mol. The summed E-state index contributed by atoms with van der Waals surface area (Å²) in [5.74, 6) is -1.10. The van der Waals surface area contributed by atoms with Gasteiger partial charge in [0.2, 0.25) is 0 Å². The number of nitrogens with zero attached hydrogens (tertiary/aromatic N) is 2. The molecule has 1 saturated carbocycles. The van der Waals surface area contributed by atoms with E-state index >= 15 is 0 Å². The van der Waals surface area contributed by atoms with Crippen molar-refractivity contribution in [1.29, 1.82) is 0 Å². The molecule has 2 aliphatic carbocycles. The molecule has 0 radical (unpaired) electrons. The fourth-order valence-corrected chi connectivity index (χ4v) is 3.94. The highest BCUT2D eigenvalue weighted by atomic mass is 19.1. The average Bonchev–Trinajstić information content (AvgIpc) is 3.36. The van der Waals surface area contributed by atoms with Crippen molar-refractivity contribution in [1.82, 2.24) is 9.97 Å². The van der Waals surface area contributed by atoms with Crippen molar-refractivity contribution in [3.8, 4) is 0 Å². The monoisotopic (exact) mass is 370 g/mol. The molecule has 1 aromatic heterocycles. The van der Waals surface area contributed by atoms with E-state index in [0.29, 0.717) is 12.3 Å². The maximum Gasteiger partial charge on any atom is 0.135 e. The Hall–Kier alpha value is -2.80. The third kappa shape index (κ3) is 2.88. The SMILES string of the molecule is CC1C(/C=C(\N)c2c(F)cccc2F)=C(N)C2(OCc3cnccn3)CC12. The molecule has 3 atom stereocenters. The van der Waals surface area contributed by atoms with E-state index < -0.39 is 17.2 Å². The number of hydrogen-bond acceptors (Lipinski definition) is 5. The molecule has 140 valence electrons. The van der Waals surface area contributed by atoms with Gasteiger partial charge in [-0.25, -0.2) is 8.78 Å². The van der Waals surface area contributed by atoms with Crippen LogP contribution in [0.25, 0.3) is 5.70 Å². The molecule has 1 fully saturated rings. The van der Waals surface area contributed by atoms with Crippen molar-refractivity contribution in [2.45, 2.75) is 25.6 Å². The fraction of sp³-hybridized carbons (Fsp3) is 0.300. The molecule has 7 heteroatoms. The van der Waals surface area contributed by atoms with Gasteiger partial charge >= 0.3 is 0 Å². The van der Waals surface area contributed by atoms with Crippen molar-refractivity contribution in [3.05, 3.63) is 77.0 Å². The van der Waals surface area contributed by atoms with Gasteiger partial charge < -0.3 is 16.2 Å². The topological polar surface area (TPSA) is 87.0 Å². The predicted octanol–water partition coefficient (Wildman–Crippen LogP) is 2.89. The third-order valence-electron chi connectivity index (χ3n) is 5.48. The Morgan fingerprint density at radius 2 is 2.07 bits per heavy atom. The van der Waals surface area contributed by atoms with Crippen LogP contribution in [0, 0.1) is 23.5 Å². The first-order valence-electron chi connectivity index (χ1n) is 8.74. The molecule has 5 nitrogen and oxygen atoms in total. The quantitative estimate of drug-likeness (QED) is 0.845. The highest BCUT2D eigenvalue weighted by Crippen LogP contribution is 2.62. The molecule has 0 spiro atoms. The van der Waals surface area contributed by atoms with Crippen LogP contribution in [0.1, 0.15) is 24.6 Å². The van der Waals surface area contributed by atoms with Gasteiger partial charge in [0.25, 0.3) is 0 Å². The minimum Gasteiger partial charge on any atom is -0.399 e. The molecule has 0 aliphatic heterocycles. The number of ether oxygens (including phenoxy) is 1. The highest BCUT2D eigenvalue weighted by molar-refractivity contribution is 5.68. The maximum atomic E-state index is 14.0. The number of rotatable bonds is 5. The number of nitrogens with two attached hydrogens (primary N) is 2. The zero-order valence-electron chi connectivity index (χ0n) is 14.8. The zero-order valence-corrected chi connectivity index (χ0v) is 14.8. The summed E-state index contributed by atoms with van der Waals surface area (Å²) in [6.07, 6.45) is 7.23. The lowest BCUT2D eigenvalue weighted by molar-refractivity contribution is 0.0331. The van der Waals surface area contributed by atoms with Gasteiger partial charge in [-0.1, -0.05) is 13.0 Å². The first kappa shape index (κ1) is 17.6. The van der Waals surface area contributed by atoms with Crippen LogP contribution in [0.15, 0.2) is 54.1 Å². The molecule has 0 saturated heterocycles. The summed E-state index contributed by atoms with van der Waals surface area (Å²) in [6, 6.07) is 3.66. The number of halogens is 2. The van der Waals surface area contributed by atoms with E-state index in [1.165, 1.54) is 18.2 Å². The van der Waals surface area contributed by atoms with E-state index in [0.717, 1.165) is 17.7 Å². The fourth-order valence-electron chi connectivity index (χ4n) is 3.94. The summed E-state index contributed by atoms with van der Waals surface area (Å²) in [7, 11) is 0. The third-order valence-corrected chi connectivity index (χ3v) is 5.48. The Bertz CT molecular complexity index is 924. The normalized spacial score (nSPS) is 27.0. The second-order valence-corrected chi connectivity index (χ2v) is 7.04. The summed E-state index contributed by atoms with van der Waals surface area (Å²) in [5.41, 5.74) is 13.7. The molecule has 2 aromatic rings. The number of hydrogen-bond donors (Lipinski definition) is 2. The number of allylic oxidation sites excluding steroid dienone is 2. The van der Waals surface area contributed by atoms with Gasteiger partial charge in [-0.2, -0.15) is 0 Å². The first-order valence-corrected chi connectivity index (χ1v) is 8.74. The number of benzene rings is 1. The van der Waals surface area contributed by atoms with Crippen LogP contribution >= 0.6 is 0 Å². The Morgan fingerprint density at radius 1 is 1.33 bits per heavy atom. The summed E-state index contributed by atoms with van der Waals surface area (Å²) in [5, 5.41) is 0. The average molecular weight is 370 g/mol. The molecule has 1 aromatic carbocycles. The molecule has 4 rings (SSSR count). The highest BCUT2D eigenvalue weighted by Gasteiger charge is 2.65. The van der Waals surface area contributed by atoms with Crippen molar-refractivity contribution < 1.29 is 13.5 Å². The van der Waals surface area contributed by atoms with Crippen LogP contribution < -0.4 is 11.5 Å². The van der Waals surface area contributed by atoms with E-state index in [9.17, 15) is 8.78 Å². The second-order valence-electron chi connectivity index (χ2n) is 7.04. The molecule has 1 heterocycles. The second kappa shape index (κ2) is 6.42. The molecule has 2 aliphatic rings. The molecule has 27 heavy (non-hydrogen) atoms. The predicted molar refractivity (Wildman–Crippen MR) is 96.6 cm³/mol. The molecule has 3 unspecified atom stereocenters. The lowest BCUT2D eigenvalue weighted by Crippen LogP contribution is -2.23. The lowest BCUT2D eigenvalue weighted by Gasteiger charge is -2.16. The van der Waals surface area contributed by atoms with E-state index in [4.69, 9.17) is 16.2 Å². The Labute approximate surface area is 155 Å².